The number of ether oxygens (including phenoxy) is 1. The molecule has 2 aliphatic rings. The molecule has 1 aromatic rings. The monoisotopic (exact) mass is 196 g/mol. The lowest BCUT2D eigenvalue weighted by Crippen LogP contribution is -1.97. The van der Waals surface area contributed by atoms with Gasteiger partial charge >= 0.3 is 11.9 Å². The molecule has 6 heteroatoms. The summed E-state index contributed by atoms with van der Waals surface area (Å²) in [4.78, 5) is 10.5. The Morgan fingerprint density at radius 1 is 1.36 bits per heavy atom. The van der Waals surface area contributed by atoms with Gasteiger partial charge in [0.2, 0.25) is 5.89 Å². The van der Waals surface area contributed by atoms with Crippen molar-refractivity contribution in [1.82, 2.24) is 10.2 Å². The molecule has 0 spiro atoms. The van der Waals surface area contributed by atoms with Gasteiger partial charge in [-0.05, 0) is 11.8 Å². The van der Waals surface area contributed by atoms with Gasteiger partial charge in [-0.1, -0.05) is 0 Å². The summed E-state index contributed by atoms with van der Waals surface area (Å²) in [6.45, 7) is 1.44. The molecule has 2 atom stereocenters. The SMILES string of the molecule is O=C(O)c1nnc(C2C3COCC32)o1. The highest BCUT2D eigenvalue weighted by atomic mass is 16.5. The minimum atomic E-state index is -1.18. The number of carbonyl (C=O) groups is 1. The topological polar surface area (TPSA) is 85.5 Å². The van der Waals surface area contributed by atoms with E-state index >= 15 is 0 Å². The van der Waals surface area contributed by atoms with E-state index in [-0.39, 0.29) is 11.8 Å². The number of rotatable bonds is 2. The molecule has 2 heterocycles. The molecule has 0 radical (unpaired) electrons. The van der Waals surface area contributed by atoms with Crippen molar-refractivity contribution in [2.24, 2.45) is 11.8 Å². The van der Waals surface area contributed by atoms with Gasteiger partial charge in [-0.15, -0.1) is 10.2 Å². The molecule has 14 heavy (non-hydrogen) atoms. The molecule has 2 fully saturated rings. The summed E-state index contributed by atoms with van der Waals surface area (Å²) >= 11 is 0. The third-order valence-corrected chi connectivity index (χ3v) is 2.86. The maximum absolute atomic E-state index is 10.5. The first kappa shape index (κ1) is 7.93. The summed E-state index contributed by atoms with van der Waals surface area (Å²) in [6, 6.07) is 0. The Morgan fingerprint density at radius 2 is 2.07 bits per heavy atom. The van der Waals surface area contributed by atoms with E-state index in [4.69, 9.17) is 14.3 Å². The molecule has 74 valence electrons. The maximum Gasteiger partial charge on any atom is 0.393 e. The fourth-order valence-corrected chi connectivity index (χ4v) is 2.06. The minimum absolute atomic E-state index is 0.226. The van der Waals surface area contributed by atoms with Crippen LogP contribution in [0.5, 0.6) is 0 Å². The molecule has 6 nitrogen and oxygen atoms in total. The van der Waals surface area contributed by atoms with E-state index in [0.29, 0.717) is 17.7 Å². The van der Waals surface area contributed by atoms with E-state index < -0.39 is 5.97 Å². The molecule has 1 aromatic heterocycles. The van der Waals surface area contributed by atoms with Crippen LogP contribution in [0.25, 0.3) is 0 Å². The number of aromatic carboxylic acids is 1. The van der Waals surface area contributed by atoms with E-state index in [1.807, 2.05) is 0 Å². The zero-order valence-corrected chi connectivity index (χ0v) is 7.21. The molecule has 1 aliphatic heterocycles. The van der Waals surface area contributed by atoms with Crippen LogP contribution in [0, 0.1) is 11.8 Å². The van der Waals surface area contributed by atoms with Crippen LogP contribution in [0.4, 0.5) is 0 Å². The zero-order chi connectivity index (χ0) is 9.71. The molecule has 3 rings (SSSR count). The Hall–Kier alpha value is -1.43. The van der Waals surface area contributed by atoms with Gasteiger partial charge < -0.3 is 14.3 Å². The molecule has 1 saturated carbocycles. The van der Waals surface area contributed by atoms with Crippen molar-refractivity contribution in [3.05, 3.63) is 11.8 Å². The molecular formula is C8H8N2O4. The van der Waals surface area contributed by atoms with E-state index in [9.17, 15) is 4.79 Å². The van der Waals surface area contributed by atoms with Crippen molar-refractivity contribution >= 4 is 5.97 Å². The second-order valence-electron chi connectivity index (χ2n) is 3.64. The average molecular weight is 196 g/mol. The number of hydrogen-bond donors (Lipinski definition) is 1. The van der Waals surface area contributed by atoms with Gasteiger partial charge in [0.1, 0.15) is 0 Å². The van der Waals surface area contributed by atoms with Crippen molar-refractivity contribution in [2.75, 3.05) is 13.2 Å². The third-order valence-electron chi connectivity index (χ3n) is 2.86. The molecule has 0 bridgehead atoms. The third kappa shape index (κ3) is 0.971. The second-order valence-corrected chi connectivity index (χ2v) is 3.64. The number of hydrogen-bond acceptors (Lipinski definition) is 5. The number of aromatic nitrogens is 2. The van der Waals surface area contributed by atoms with Crippen LogP contribution in [0.2, 0.25) is 0 Å². The Bertz CT molecular complexity index is 378. The van der Waals surface area contributed by atoms with Crippen LogP contribution >= 0.6 is 0 Å². The van der Waals surface area contributed by atoms with Crippen LogP contribution in [0.3, 0.4) is 0 Å². The Morgan fingerprint density at radius 3 is 2.64 bits per heavy atom. The normalized spacial score (nSPS) is 34.1. The Kier molecular flexibility index (Phi) is 1.44. The summed E-state index contributed by atoms with van der Waals surface area (Å²) < 4.78 is 10.2. The molecule has 1 N–H and O–H groups in total. The first-order valence-electron chi connectivity index (χ1n) is 4.42. The van der Waals surface area contributed by atoms with Gasteiger partial charge in [-0.2, -0.15) is 0 Å². The van der Waals surface area contributed by atoms with Gasteiger partial charge in [0.05, 0.1) is 13.2 Å². The molecule has 2 unspecified atom stereocenters. The highest BCUT2D eigenvalue weighted by Crippen LogP contribution is 2.56. The van der Waals surface area contributed by atoms with Crippen molar-refractivity contribution in [1.29, 1.82) is 0 Å². The summed E-state index contributed by atoms with van der Waals surface area (Å²) in [7, 11) is 0. The minimum Gasteiger partial charge on any atom is -0.474 e. The van der Waals surface area contributed by atoms with Gasteiger partial charge in [0.25, 0.3) is 0 Å². The summed E-state index contributed by atoms with van der Waals surface area (Å²) in [5.41, 5.74) is 0. The summed E-state index contributed by atoms with van der Waals surface area (Å²) in [5, 5.41) is 15.8. The van der Waals surface area contributed by atoms with Crippen molar-refractivity contribution in [3.63, 3.8) is 0 Å². The van der Waals surface area contributed by atoms with E-state index in [1.165, 1.54) is 0 Å². The molecule has 0 aromatic carbocycles. The maximum atomic E-state index is 10.5. The summed E-state index contributed by atoms with van der Waals surface area (Å²) in [6.07, 6.45) is 0. The lowest BCUT2D eigenvalue weighted by atomic mass is 10.3. The van der Waals surface area contributed by atoms with Gasteiger partial charge in [-0.25, -0.2) is 4.79 Å². The quantitative estimate of drug-likeness (QED) is 0.723. The van der Waals surface area contributed by atoms with Crippen LogP contribution < -0.4 is 0 Å². The van der Waals surface area contributed by atoms with E-state index in [2.05, 4.69) is 10.2 Å². The number of carboxylic acids is 1. The number of nitrogens with zero attached hydrogens (tertiary/aromatic N) is 2. The van der Waals surface area contributed by atoms with Crippen LogP contribution in [0.15, 0.2) is 4.42 Å². The second kappa shape index (κ2) is 2.54. The largest absolute Gasteiger partial charge is 0.474 e. The van der Waals surface area contributed by atoms with Gasteiger partial charge in [0.15, 0.2) is 0 Å². The van der Waals surface area contributed by atoms with Gasteiger partial charge in [0, 0.05) is 5.92 Å². The highest BCUT2D eigenvalue weighted by molar-refractivity contribution is 5.81. The zero-order valence-electron chi connectivity index (χ0n) is 7.21. The average Bonchev–Trinajstić information content (AvgIpc) is 2.63. The Labute approximate surface area is 78.9 Å². The smallest absolute Gasteiger partial charge is 0.393 e. The molecule has 0 amide bonds. The fourth-order valence-electron chi connectivity index (χ4n) is 2.06. The number of fused-ring (bicyclic) bond motifs is 1. The van der Waals surface area contributed by atoms with Crippen molar-refractivity contribution < 1.29 is 19.1 Å². The predicted molar refractivity (Wildman–Crippen MR) is 41.8 cm³/mol. The van der Waals surface area contributed by atoms with Crippen LogP contribution in [0.1, 0.15) is 22.5 Å². The summed E-state index contributed by atoms with van der Waals surface area (Å²) in [5.74, 6) is 0.0796. The predicted octanol–water partition coefficient (Wildman–Crippen LogP) is 0.128. The van der Waals surface area contributed by atoms with Crippen LogP contribution in [-0.2, 0) is 4.74 Å². The van der Waals surface area contributed by atoms with Crippen molar-refractivity contribution in [2.45, 2.75) is 5.92 Å². The first-order valence-corrected chi connectivity index (χ1v) is 4.42. The molecule has 1 aliphatic carbocycles. The first-order chi connectivity index (χ1) is 6.77. The lowest BCUT2D eigenvalue weighted by Gasteiger charge is -1.97. The Balaban J connectivity index is 1.82. The fraction of sp³-hybridized carbons (Fsp3) is 0.625. The van der Waals surface area contributed by atoms with Gasteiger partial charge in [-0.3, -0.25) is 0 Å². The molecular weight excluding hydrogens is 188 g/mol. The van der Waals surface area contributed by atoms with Crippen LogP contribution in [-0.4, -0.2) is 34.5 Å². The highest BCUT2D eigenvalue weighted by Gasteiger charge is 2.57. The van der Waals surface area contributed by atoms with E-state index in [0.717, 1.165) is 13.2 Å². The molecule has 1 saturated heterocycles. The lowest BCUT2D eigenvalue weighted by molar-refractivity contribution is 0.0651. The standard InChI is InChI=1S/C8H8N2O4/c11-8(12)7-10-9-6(14-7)5-3-1-13-2-4(3)5/h3-5H,1-2H2,(H,11,12). The number of carboxylic acid groups (broad SMARTS) is 1. The van der Waals surface area contributed by atoms with Crippen molar-refractivity contribution in [3.8, 4) is 0 Å². The van der Waals surface area contributed by atoms with E-state index in [1.54, 1.807) is 0 Å².